The van der Waals surface area contributed by atoms with Crippen LogP contribution in [0.4, 0.5) is 0 Å². The van der Waals surface area contributed by atoms with Crippen LogP contribution < -0.4 is 0 Å². The van der Waals surface area contributed by atoms with Crippen LogP contribution in [0, 0.1) is 0 Å². The van der Waals surface area contributed by atoms with Gasteiger partial charge in [0.2, 0.25) is 0 Å². The van der Waals surface area contributed by atoms with E-state index in [0.717, 1.165) is 121 Å². The minimum Gasteiger partial charge on any atom is -0.508 e. The third kappa shape index (κ3) is 6.86. The van der Waals surface area contributed by atoms with E-state index >= 15 is 0 Å². The van der Waals surface area contributed by atoms with Gasteiger partial charge in [0.25, 0.3) is 0 Å². The Labute approximate surface area is 393 Å². The van der Waals surface area contributed by atoms with E-state index < -0.39 is 0 Å². The van der Waals surface area contributed by atoms with Crippen molar-refractivity contribution in [2.24, 2.45) is 0 Å². The van der Waals surface area contributed by atoms with E-state index in [0.29, 0.717) is 0 Å². The number of phenolic OH excluding ortho intramolecular Hbond substituents is 4. The first kappa shape index (κ1) is 40.4. The van der Waals surface area contributed by atoms with E-state index in [9.17, 15) is 20.4 Å². The molecule has 0 aliphatic heterocycles. The summed E-state index contributed by atoms with van der Waals surface area (Å²) in [7, 11) is 0. The van der Waals surface area contributed by atoms with Gasteiger partial charge >= 0.3 is 0 Å². The number of hydrogen-bond acceptors (Lipinski definition) is 4. The molecule has 12 aromatic carbocycles. The zero-order valence-electron chi connectivity index (χ0n) is 36.7. The maximum absolute atomic E-state index is 10.3. The third-order valence-electron chi connectivity index (χ3n) is 13.5. The molecule has 0 spiro atoms. The molecule has 68 heavy (non-hydrogen) atoms. The third-order valence-corrected chi connectivity index (χ3v) is 13.5. The molecule has 322 valence electrons. The second-order valence-corrected chi connectivity index (χ2v) is 17.4. The molecular formula is C64H42O4. The highest BCUT2D eigenvalue weighted by molar-refractivity contribution is 6.32. The molecule has 0 bridgehead atoms. The highest BCUT2D eigenvalue weighted by Crippen LogP contribution is 2.52. The lowest BCUT2D eigenvalue weighted by molar-refractivity contribution is 0.475. The summed E-state index contributed by atoms with van der Waals surface area (Å²) in [6, 6.07) is 77.6. The van der Waals surface area contributed by atoms with Crippen molar-refractivity contribution in [1.82, 2.24) is 0 Å². The Morgan fingerprint density at radius 2 is 0.368 bits per heavy atom. The molecule has 0 fully saturated rings. The molecule has 0 saturated carbocycles. The molecular weight excluding hydrogens is 833 g/mol. The quantitative estimate of drug-likeness (QED) is 0.115. The molecule has 0 aliphatic carbocycles. The second-order valence-electron chi connectivity index (χ2n) is 17.4. The van der Waals surface area contributed by atoms with Gasteiger partial charge in [-0.1, -0.05) is 170 Å². The van der Waals surface area contributed by atoms with Crippen LogP contribution in [-0.4, -0.2) is 20.4 Å². The summed E-state index contributed by atoms with van der Waals surface area (Å²) >= 11 is 0. The summed E-state index contributed by atoms with van der Waals surface area (Å²) in [5.41, 5.74) is 16.7. The molecule has 0 saturated heterocycles. The Hall–Kier alpha value is -9.12. The van der Waals surface area contributed by atoms with Crippen LogP contribution in [0.1, 0.15) is 0 Å². The van der Waals surface area contributed by atoms with Crippen LogP contribution in [-0.2, 0) is 0 Å². The van der Waals surface area contributed by atoms with Gasteiger partial charge in [0.05, 0.1) is 0 Å². The fourth-order valence-electron chi connectivity index (χ4n) is 10.3. The van der Waals surface area contributed by atoms with Gasteiger partial charge in [0.1, 0.15) is 23.0 Å². The maximum atomic E-state index is 10.3. The van der Waals surface area contributed by atoms with Crippen LogP contribution in [0.25, 0.3) is 121 Å². The molecule has 0 unspecified atom stereocenters. The first-order valence-corrected chi connectivity index (χ1v) is 22.7. The van der Waals surface area contributed by atoms with Crippen molar-refractivity contribution >= 4 is 32.3 Å². The van der Waals surface area contributed by atoms with E-state index in [1.807, 2.05) is 48.5 Å². The first-order valence-electron chi connectivity index (χ1n) is 22.7. The van der Waals surface area contributed by atoms with Gasteiger partial charge < -0.3 is 20.4 Å². The lowest BCUT2D eigenvalue weighted by atomic mass is 9.79. The Morgan fingerprint density at radius 1 is 0.176 bits per heavy atom. The van der Waals surface area contributed by atoms with Crippen molar-refractivity contribution < 1.29 is 20.4 Å². The lowest BCUT2D eigenvalue weighted by Gasteiger charge is -2.24. The van der Waals surface area contributed by atoms with E-state index in [4.69, 9.17) is 0 Å². The molecule has 0 amide bonds. The zero-order valence-corrected chi connectivity index (χ0v) is 36.7. The smallest absolute Gasteiger partial charge is 0.115 e. The first-order chi connectivity index (χ1) is 33.4. The second kappa shape index (κ2) is 16.4. The topological polar surface area (TPSA) is 80.9 Å². The van der Waals surface area contributed by atoms with Crippen molar-refractivity contribution in [1.29, 1.82) is 0 Å². The molecule has 12 rings (SSSR count). The standard InChI is InChI=1S/C64H42O4/c65-43-25-17-39(18-26-43)47-9-1-5-13-51(47)59-37-60(52-14-6-2-10-48(52)40-19-27-44(66)28-20-40)56-35-36-58-62(54-16-8-4-12-50(54)42-23-31-46(68)32-24-42)38-61(57-34-33-55(59)63(56)64(57)58)53-15-7-3-11-49(53)41-21-29-45(67)30-22-41/h1-38,65-68H. The van der Waals surface area contributed by atoms with Gasteiger partial charge in [-0.15, -0.1) is 0 Å². The molecule has 4 heteroatoms. The fourth-order valence-corrected chi connectivity index (χ4v) is 10.3. The summed E-state index contributed by atoms with van der Waals surface area (Å²) in [6.07, 6.45) is 0. The summed E-state index contributed by atoms with van der Waals surface area (Å²) in [5, 5.41) is 48.1. The number of phenols is 4. The Kier molecular flexibility index (Phi) is 9.74. The molecule has 0 aromatic heterocycles. The molecule has 4 N–H and O–H groups in total. The average molecular weight is 875 g/mol. The molecule has 0 atom stereocenters. The SMILES string of the molecule is Oc1ccc(-c2ccccc2-c2cc(-c3ccccc3-c3ccc(O)cc3)c3ccc4c(-c5ccccc5-c5ccc(O)cc5)cc(-c5ccccc5-c5ccc(O)cc5)c5ccc2c3c54)cc1. The average Bonchev–Trinajstić information content (AvgIpc) is 3.39. The van der Waals surface area contributed by atoms with Gasteiger partial charge in [-0.25, -0.2) is 0 Å². The van der Waals surface area contributed by atoms with Gasteiger partial charge in [-0.2, -0.15) is 0 Å². The van der Waals surface area contributed by atoms with Crippen molar-refractivity contribution in [3.8, 4) is 112 Å². The van der Waals surface area contributed by atoms with Gasteiger partial charge in [0, 0.05) is 0 Å². The predicted octanol–water partition coefficient (Wildman–Crippen LogP) is 16.7. The number of rotatable bonds is 8. The largest absolute Gasteiger partial charge is 0.508 e. The molecule has 0 radical (unpaired) electrons. The summed E-state index contributed by atoms with van der Waals surface area (Å²) < 4.78 is 0. The van der Waals surface area contributed by atoms with Crippen LogP contribution >= 0.6 is 0 Å². The van der Waals surface area contributed by atoms with E-state index in [1.54, 1.807) is 48.5 Å². The van der Waals surface area contributed by atoms with E-state index in [2.05, 4.69) is 133 Å². The molecule has 0 aliphatic rings. The maximum Gasteiger partial charge on any atom is 0.115 e. The van der Waals surface area contributed by atoms with Crippen LogP contribution in [0.3, 0.4) is 0 Å². The molecule has 4 nitrogen and oxygen atoms in total. The highest BCUT2D eigenvalue weighted by atomic mass is 16.3. The van der Waals surface area contributed by atoms with Crippen molar-refractivity contribution in [3.05, 3.63) is 231 Å². The van der Waals surface area contributed by atoms with Gasteiger partial charge in [-0.3, -0.25) is 0 Å². The van der Waals surface area contributed by atoms with Crippen molar-refractivity contribution in [2.45, 2.75) is 0 Å². The summed E-state index contributed by atoms with van der Waals surface area (Å²) in [4.78, 5) is 0. The minimum atomic E-state index is 0.215. The van der Waals surface area contributed by atoms with Crippen molar-refractivity contribution in [2.75, 3.05) is 0 Å². The van der Waals surface area contributed by atoms with Gasteiger partial charge in [-0.05, 0) is 182 Å². The van der Waals surface area contributed by atoms with Gasteiger partial charge in [0.15, 0.2) is 0 Å². The zero-order chi connectivity index (χ0) is 45.9. The number of aromatic hydroxyl groups is 4. The Morgan fingerprint density at radius 3 is 0.574 bits per heavy atom. The fraction of sp³-hybridized carbons (Fsp3) is 0. The number of hydrogen-bond donors (Lipinski definition) is 4. The summed E-state index contributed by atoms with van der Waals surface area (Å²) in [5.74, 6) is 0.862. The van der Waals surface area contributed by atoms with Crippen molar-refractivity contribution in [3.63, 3.8) is 0 Å². The lowest BCUT2D eigenvalue weighted by Crippen LogP contribution is -1.97. The highest BCUT2D eigenvalue weighted by Gasteiger charge is 2.24. The monoisotopic (exact) mass is 874 g/mol. The molecule has 12 aromatic rings. The Balaban J connectivity index is 1.25. The predicted molar refractivity (Wildman–Crippen MR) is 280 cm³/mol. The Bertz CT molecular complexity index is 3350. The van der Waals surface area contributed by atoms with E-state index in [1.165, 1.54) is 0 Å². The van der Waals surface area contributed by atoms with Crippen LogP contribution in [0.2, 0.25) is 0 Å². The van der Waals surface area contributed by atoms with Crippen LogP contribution in [0.15, 0.2) is 231 Å². The summed E-state index contributed by atoms with van der Waals surface area (Å²) in [6.45, 7) is 0. The minimum absolute atomic E-state index is 0.215. The van der Waals surface area contributed by atoms with Crippen LogP contribution in [0.5, 0.6) is 23.0 Å². The number of benzene rings is 12. The molecule has 0 heterocycles. The van der Waals surface area contributed by atoms with E-state index in [-0.39, 0.29) is 23.0 Å². The normalized spacial score (nSPS) is 11.5.